The van der Waals surface area contributed by atoms with E-state index in [9.17, 15) is 9.59 Å². The van der Waals surface area contributed by atoms with Gasteiger partial charge in [-0.3, -0.25) is 9.59 Å². The van der Waals surface area contributed by atoms with Crippen molar-refractivity contribution >= 4 is 23.4 Å². The third-order valence-electron chi connectivity index (χ3n) is 5.90. The zero-order valence-electron chi connectivity index (χ0n) is 18.6. The SMILES string of the molecule is Cc1cccc(C(=O)N2CCCN(C(=O)c3ccc(-n4nc(C)c(Cl)c4C)cc3)CC2)c1. The third kappa shape index (κ3) is 4.41. The number of hydrogen-bond acceptors (Lipinski definition) is 3. The molecule has 6 nitrogen and oxygen atoms in total. The van der Waals surface area contributed by atoms with Crippen LogP contribution in [0.3, 0.4) is 0 Å². The maximum absolute atomic E-state index is 13.1. The molecule has 1 aliphatic rings. The number of benzene rings is 2. The molecular weight excluding hydrogens is 424 g/mol. The van der Waals surface area contributed by atoms with Crippen molar-refractivity contribution in [1.82, 2.24) is 19.6 Å². The predicted molar refractivity (Wildman–Crippen MR) is 126 cm³/mol. The average molecular weight is 451 g/mol. The first-order valence-corrected chi connectivity index (χ1v) is 11.2. The van der Waals surface area contributed by atoms with Gasteiger partial charge in [0.2, 0.25) is 0 Å². The molecule has 0 unspecified atom stereocenters. The number of halogens is 1. The number of aromatic nitrogens is 2. The van der Waals surface area contributed by atoms with E-state index in [-0.39, 0.29) is 11.8 Å². The molecule has 4 rings (SSSR count). The summed E-state index contributed by atoms with van der Waals surface area (Å²) >= 11 is 6.26. The molecule has 0 atom stereocenters. The van der Waals surface area contributed by atoms with Gasteiger partial charge in [0.1, 0.15) is 0 Å². The van der Waals surface area contributed by atoms with Crippen molar-refractivity contribution in [3.8, 4) is 5.69 Å². The highest BCUT2D eigenvalue weighted by Crippen LogP contribution is 2.23. The summed E-state index contributed by atoms with van der Waals surface area (Å²) < 4.78 is 1.78. The van der Waals surface area contributed by atoms with Crippen LogP contribution in [0.25, 0.3) is 5.69 Å². The molecule has 0 spiro atoms. The number of nitrogens with zero attached hydrogens (tertiary/aromatic N) is 4. The fourth-order valence-electron chi connectivity index (χ4n) is 4.09. The van der Waals surface area contributed by atoms with E-state index < -0.39 is 0 Å². The van der Waals surface area contributed by atoms with Crippen molar-refractivity contribution in [2.75, 3.05) is 26.2 Å². The van der Waals surface area contributed by atoms with Crippen LogP contribution in [-0.4, -0.2) is 57.6 Å². The van der Waals surface area contributed by atoms with Gasteiger partial charge in [-0.15, -0.1) is 0 Å². The third-order valence-corrected chi connectivity index (χ3v) is 6.44. The fraction of sp³-hybridized carbons (Fsp3) is 0.320. The van der Waals surface area contributed by atoms with Gasteiger partial charge in [0.05, 0.1) is 22.1 Å². The molecule has 0 aliphatic carbocycles. The highest BCUT2D eigenvalue weighted by molar-refractivity contribution is 6.31. The van der Waals surface area contributed by atoms with Gasteiger partial charge in [0.25, 0.3) is 11.8 Å². The summed E-state index contributed by atoms with van der Waals surface area (Å²) in [7, 11) is 0. The Bertz CT molecular complexity index is 1150. The molecule has 166 valence electrons. The van der Waals surface area contributed by atoms with Gasteiger partial charge in [-0.25, -0.2) is 4.68 Å². The van der Waals surface area contributed by atoms with Crippen molar-refractivity contribution in [1.29, 1.82) is 0 Å². The van der Waals surface area contributed by atoms with E-state index in [4.69, 9.17) is 11.6 Å². The number of amides is 2. The summed E-state index contributed by atoms with van der Waals surface area (Å²) in [5.74, 6) is 0.00343. The first kappa shape index (κ1) is 22.1. The van der Waals surface area contributed by atoms with E-state index in [0.717, 1.165) is 29.1 Å². The van der Waals surface area contributed by atoms with Crippen LogP contribution in [0, 0.1) is 20.8 Å². The standard InChI is InChI=1S/C25H27ClN4O2/c1-17-6-4-7-21(16-17)25(32)29-13-5-12-28(14-15-29)24(31)20-8-10-22(11-9-20)30-19(3)23(26)18(2)27-30/h4,6-11,16H,5,12-15H2,1-3H3. The van der Waals surface area contributed by atoms with Crippen LogP contribution < -0.4 is 0 Å². The molecule has 1 saturated heterocycles. The van der Waals surface area contributed by atoms with Crippen LogP contribution >= 0.6 is 11.6 Å². The monoisotopic (exact) mass is 450 g/mol. The smallest absolute Gasteiger partial charge is 0.253 e. The average Bonchev–Trinajstić information content (AvgIpc) is 2.98. The van der Waals surface area contributed by atoms with E-state index in [1.54, 1.807) is 4.68 Å². The van der Waals surface area contributed by atoms with Crippen LogP contribution in [0.1, 0.15) is 44.1 Å². The second-order valence-corrected chi connectivity index (χ2v) is 8.63. The largest absolute Gasteiger partial charge is 0.337 e. The highest BCUT2D eigenvalue weighted by atomic mass is 35.5. The zero-order chi connectivity index (χ0) is 22.8. The second kappa shape index (κ2) is 9.17. The van der Waals surface area contributed by atoms with E-state index in [0.29, 0.717) is 42.3 Å². The Kier molecular flexibility index (Phi) is 6.33. The summed E-state index contributed by atoms with van der Waals surface area (Å²) in [5.41, 5.74) is 4.89. The molecule has 32 heavy (non-hydrogen) atoms. The first-order valence-electron chi connectivity index (χ1n) is 10.8. The second-order valence-electron chi connectivity index (χ2n) is 8.25. The van der Waals surface area contributed by atoms with E-state index in [2.05, 4.69) is 5.10 Å². The van der Waals surface area contributed by atoms with Gasteiger partial charge in [-0.05, 0) is 63.6 Å². The van der Waals surface area contributed by atoms with Gasteiger partial charge in [0.15, 0.2) is 0 Å². The van der Waals surface area contributed by atoms with Crippen molar-refractivity contribution in [3.05, 3.63) is 81.6 Å². The molecule has 0 radical (unpaired) electrons. The first-order chi connectivity index (χ1) is 15.3. The summed E-state index contributed by atoms with van der Waals surface area (Å²) in [6, 6.07) is 15.1. The Morgan fingerprint density at radius 1 is 0.844 bits per heavy atom. The molecule has 0 N–H and O–H groups in total. The molecule has 1 aliphatic heterocycles. The molecule has 1 aromatic heterocycles. The molecule has 0 bridgehead atoms. The summed E-state index contributed by atoms with van der Waals surface area (Å²) in [5, 5.41) is 5.12. The van der Waals surface area contributed by atoms with Crippen molar-refractivity contribution < 1.29 is 9.59 Å². The minimum absolute atomic E-state index is 0.0206. The zero-order valence-corrected chi connectivity index (χ0v) is 19.4. The Hall–Kier alpha value is -3.12. The minimum atomic E-state index is -0.0206. The Balaban J connectivity index is 1.43. The molecule has 2 heterocycles. The number of aryl methyl sites for hydroxylation is 2. The maximum atomic E-state index is 13.1. The van der Waals surface area contributed by atoms with Crippen molar-refractivity contribution in [3.63, 3.8) is 0 Å². The lowest BCUT2D eigenvalue weighted by Crippen LogP contribution is -2.37. The topological polar surface area (TPSA) is 58.4 Å². The lowest BCUT2D eigenvalue weighted by molar-refractivity contribution is 0.0718. The van der Waals surface area contributed by atoms with Crippen LogP contribution in [-0.2, 0) is 0 Å². The van der Waals surface area contributed by atoms with E-state index in [1.807, 2.05) is 79.1 Å². The number of hydrogen-bond donors (Lipinski definition) is 0. The maximum Gasteiger partial charge on any atom is 0.253 e. The summed E-state index contributed by atoms with van der Waals surface area (Å²) in [6.45, 7) is 8.10. The number of carbonyl (C=O) groups is 2. The summed E-state index contributed by atoms with van der Waals surface area (Å²) in [6.07, 6.45) is 0.756. The lowest BCUT2D eigenvalue weighted by atomic mass is 10.1. The minimum Gasteiger partial charge on any atom is -0.337 e. The molecule has 7 heteroatoms. The highest BCUT2D eigenvalue weighted by Gasteiger charge is 2.24. The van der Waals surface area contributed by atoms with E-state index in [1.165, 1.54) is 0 Å². The molecule has 2 amide bonds. The van der Waals surface area contributed by atoms with Crippen molar-refractivity contribution in [2.24, 2.45) is 0 Å². The Morgan fingerprint density at radius 2 is 1.47 bits per heavy atom. The fourth-order valence-corrected chi connectivity index (χ4v) is 4.21. The van der Waals surface area contributed by atoms with Gasteiger partial charge >= 0.3 is 0 Å². The van der Waals surface area contributed by atoms with Crippen LogP contribution in [0.4, 0.5) is 0 Å². The van der Waals surface area contributed by atoms with Crippen LogP contribution in [0.5, 0.6) is 0 Å². The number of rotatable bonds is 3. The molecular formula is C25H27ClN4O2. The quantitative estimate of drug-likeness (QED) is 0.592. The van der Waals surface area contributed by atoms with E-state index >= 15 is 0 Å². The predicted octanol–water partition coefficient (Wildman–Crippen LogP) is 4.44. The van der Waals surface area contributed by atoms with Gasteiger partial charge < -0.3 is 9.80 Å². The molecule has 0 saturated carbocycles. The molecule has 2 aromatic carbocycles. The lowest BCUT2D eigenvalue weighted by Gasteiger charge is -2.22. The van der Waals surface area contributed by atoms with Gasteiger partial charge in [-0.2, -0.15) is 5.10 Å². The van der Waals surface area contributed by atoms with Crippen molar-refractivity contribution in [2.45, 2.75) is 27.2 Å². The molecule has 1 fully saturated rings. The Labute approximate surface area is 193 Å². The number of carbonyl (C=O) groups excluding carboxylic acids is 2. The van der Waals surface area contributed by atoms with Gasteiger partial charge in [0, 0.05) is 37.3 Å². The summed E-state index contributed by atoms with van der Waals surface area (Å²) in [4.78, 5) is 29.7. The Morgan fingerprint density at radius 3 is 2.03 bits per heavy atom. The van der Waals surface area contributed by atoms with Gasteiger partial charge in [-0.1, -0.05) is 29.3 Å². The van der Waals surface area contributed by atoms with Crippen LogP contribution in [0.2, 0.25) is 5.02 Å². The molecule has 3 aromatic rings. The normalized spacial score (nSPS) is 14.4. The van der Waals surface area contributed by atoms with Crippen LogP contribution in [0.15, 0.2) is 48.5 Å².